The number of hydrogen-bond donors (Lipinski definition) is 3. The van der Waals surface area contributed by atoms with Crippen molar-refractivity contribution in [1.29, 1.82) is 0 Å². The fourth-order valence-corrected chi connectivity index (χ4v) is 1.17. The first-order valence-electron chi connectivity index (χ1n) is 4.50. The highest BCUT2D eigenvalue weighted by Crippen LogP contribution is 2.16. The summed E-state index contributed by atoms with van der Waals surface area (Å²) in [7, 11) is 0. The fraction of sp³-hybridized carbons (Fsp3) is 0.300. The zero-order valence-electron chi connectivity index (χ0n) is 8.16. The number of hydrogen-bond acceptors (Lipinski definition) is 2. The lowest BCUT2D eigenvalue weighted by atomic mass is 10.0. The summed E-state index contributed by atoms with van der Waals surface area (Å²) in [5.74, 6) is 0.331. The molecule has 2 amide bonds. The molecule has 0 aliphatic rings. The van der Waals surface area contributed by atoms with E-state index in [9.17, 15) is 4.79 Å². The molecule has 1 atom stereocenters. The first-order valence-corrected chi connectivity index (χ1v) is 4.50. The maximum Gasteiger partial charge on any atom is 0.316 e. The van der Waals surface area contributed by atoms with Gasteiger partial charge in [-0.15, -0.1) is 0 Å². The Morgan fingerprint density at radius 2 is 2.00 bits per heavy atom. The van der Waals surface area contributed by atoms with Crippen molar-refractivity contribution in [2.75, 3.05) is 11.9 Å². The van der Waals surface area contributed by atoms with Crippen LogP contribution in [0.5, 0.6) is 0 Å². The second-order valence-corrected chi connectivity index (χ2v) is 3.25. The molecule has 1 rings (SSSR count). The molecule has 0 bridgehead atoms. The van der Waals surface area contributed by atoms with Gasteiger partial charge in [0.2, 0.25) is 0 Å². The molecule has 0 saturated heterocycles. The van der Waals surface area contributed by atoms with Crippen LogP contribution in [0.4, 0.5) is 10.5 Å². The van der Waals surface area contributed by atoms with Gasteiger partial charge >= 0.3 is 6.03 Å². The number of urea groups is 1. The summed E-state index contributed by atoms with van der Waals surface area (Å²) in [6.07, 6.45) is 0. The summed E-state index contributed by atoms with van der Waals surface area (Å²) < 4.78 is 0. The number of primary amides is 1. The van der Waals surface area contributed by atoms with E-state index in [1.54, 1.807) is 0 Å². The molecular weight excluding hydrogens is 178 g/mol. The van der Waals surface area contributed by atoms with Gasteiger partial charge in [-0.1, -0.05) is 19.1 Å². The van der Waals surface area contributed by atoms with Crippen LogP contribution in [-0.2, 0) is 0 Å². The molecule has 4 nitrogen and oxygen atoms in total. The van der Waals surface area contributed by atoms with Crippen LogP contribution in [0.15, 0.2) is 24.3 Å². The summed E-state index contributed by atoms with van der Waals surface area (Å²) in [5.41, 5.74) is 12.4. The van der Waals surface area contributed by atoms with E-state index >= 15 is 0 Å². The minimum Gasteiger partial charge on any atom is -0.351 e. The van der Waals surface area contributed by atoms with E-state index in [4.69, 9.17) is 11.5 Å². The first-order chi connectivity index (χ1) is 6.63. The van der Waals surface area contributed by atoms with E-state index in [-0.39, 0.29) is 0 Å². The molecule has 1 unspecified atom stereocenters. The lowest BCUT2D eigenvalue weighted by molar-refractivity contribution is 0.259. The van der Waals surface area contributed by atoms with Gasteiger partial charge in [-0.05, 0) is 30.2 Å². The van der Waals surface area contributed by atoms with Gasteiger partial charge < -0.3 is 16.8 Å². The second kappa shape index (κ2) is 4.62. The van der Waals surface area contributed by atoms with Gasteiger partial charge in [0.05, 0.1) is 0 Å². The lowest BCUT2D eigenvalue weighted by Gasteiger charge is -2.09. The Hall–Kier alpha value is -1.55. The smallest absolute Gasteiger partial charge is 0.316 e. The lowest BCUT2D eigenvalue weighted by Crippen LogP contribution is -2.19. The van der Waals surface area contributed by atoms with E-state index in [1.807, 2.05) is 24.3 Å². The van der Waals surface area contributed by atoms with Crippen LogP contribution in [-0.4, -0.2) is 12.6 Å². The van der Waals surface area contributed by atoms with Gasteiger partial charge in [0.1, 0.15) is 0 Å². The molecule has 0 aliphatic heterocycles. The Bertz CT molecular complexity index is 308. The average molecular weight is 193 g/mol. The van der Waals surface area contributed by atoms with E-state index in [1.165, 1.54) is 0 Å². The molecule has 0 fully saturated rings. The molecule has 1 aromatic carbocycles. The predicted octanol–water partition coefficient (Wildman–Crippen LogP) is 1.24. The third-order valence-electron chi connectivity index (χ3n) is 2.10. The normalized spacial score (nSPS) is 12.1. The molecular formula is C10H15N3O. The summed E-state index contributed by atoms with van der Waals surface area (Å²) in [4.78, 5) is 10.5. The van der Waals surface area contributed by atoms with Crippen LogP contribution in [0.3, 0.4) is 0 Å². The topological polar surface area (TPSA) is 81.1 Å². The van der Waals surface area contributed by atoms with Crippen molar-refractivity contribution in [3.05, 3.63) is 29.8 Å². The van der Waals surface area contributed by atoms with Crippen molar-refractivity contribution < 1.29 is 4.79 Å². The number of carbonyl (C=O) groups is 1. The summed E-state index contributed by atoms with van der Waals surface area (Å²) in [6.45, 7) is 2.67. The van der Waals surface area contributed by atoms with Crippen molar-refractivity contribution in [1.82, 2.24) is 0 Å². The Morgan fingerprint density at radius 1 is 1.43 bits per heavy atom. The third-order valence-corrected chi connectivity index (χ3v) is 2.10. The third kappa shape index (κ3) is 2.74. The number of anilines is 1. The summed E-state index contributed by atoms with van der Waals surface area (Å²) in [6, 6.07) is 6.94. The zero-order valence-corrected chi connectivity index (χ0v) is 8.16. The zero-order chi connectivity index (χ0) is 10.6. The molecule has 1 aromatic rings. The quantitative estimate of drug-likeness (QED) is 0.675. The van der Waals surface area contributed by atoms with Gasteiger partial charge in [-0.2, -0.15) is 0 Å². The van der Waals surface area contributed by atoms with E-state index < -0.39 is 6.03 Å². The van der Waals surface area contributed by atoms with Crippen molar-refractivity contribution in [2.45, 2.75) is 12.8 Å². The number of amides is 2. The highest BCUT2D eigenvalue weighted by atomic mass is 16.2. The second-order valence-electron chi connectivity index (χ2n) is 3.25. The minimum absolute atomic E-state index is 0.331. The minimum atomic E-state index is -0.551. The van der Waals surface area contributed by atoms with Crippen LogP contribution < -0.4 is 16.8 Å². The maximum atomic E-state index is 10.5. The van der Waals surface area contributed by atoms with Crippen LogP contribution in [0.2, 0.25) is 0 Å². The van der Waals surface area contributed by atoms with Crippen molar-refractivity contribution >= 4 is 11.7 Å². The monoisotopic (exact) mass is 193 g/mol. The standard InChI is InChI=1S/C10H15N3O/c1-7(6-11)8-2-4-9(5-3-8)13-10(12)14/h2-5,7H,6,11H2,1H3,(H3,12,13,14). The molecule has 0 radical (unpaired) electrons. The Morgan fingerprint density at radius 3 is 2.43 bits per heavy atom. The van der Waals surface area contributed by atoms with Gasteiger partial charge in [0.15, 0.2) is 0 Å². The number of benzene rings is 1. The van der Waals surface area contributed by atoms with Crippen LogP contribution >= 0.6 is 0 Å². The molecule has 76 valence electrons. The fourth-order valence-electron chi connectivity index (χ4n) is 1.17. The van der Waals surface area contributed by atoms with Crippen molar-refractivity contribution in [3.63, 3.8) is 0 Å². The largest absolute Gasteiger partial charge is 0.351 e. The molecule has 0 aliphatic carbocycles. The molecule has 0 aromatic heterocycles. The molecule has 5 N–H and O–H groups in total. The highest BCUT2D eigenvalue weighted by molar-refractivity contribution is 5.87. The maximum absolute atomic E-state index is 10.5. The Kier molecular flexibility index (Phi) is 3.48. The SMILES string of the molecule is CC(CN)c1ccc(NC(N)=O)cc1. The van der Waals surface area contributed by atoms with Crippen LogP contribution in [0.25, 0.3) is 0 Å². The number of carbonyl (C=O) groups excluding carboxylic acids is 1. The van der Waals surface area contributed by atoms with Gasteiger partial charge in [0.25, 0.3) is 0 Å². The summed E-state index contributed by atoms with van der Waals surface area (Å²) in [5, 5.41) is 2.50. The molecule has 4 heteroatoms. The van der Waals surface area contributed by atoms with Gasteiger partial charge in [-0.3, -0.25) is 0 Å². The highest BCUT2D eigenvalue weighted by Gasteiger charge is 2.02. The van der Waals surface area contributed by atoms with Crippen molar-refractivity contribution in [2.24, 2.45) is 11.5 Å². The summed E-state index contributed by atoms with van der Waals surface area (Å²) >= 11 is 0. The number of nitrogens with two attached hydrogens (primary N) is 2. The number of rotatable bonds is 3. The van der Waals surface area contributed by atoms with Crippen LogP contribution in [0.1, 0.15) is 18.4 Å². The predicted molar refractivity (Wildman–Crippen MR) is 57.1 cm³/mol. The van der Waals surface area contributed by atoms with Gasteiger partial charge in [0, 0.05) is 5.69 Å². The molecule has 0 spiro atoms. The van der Waals surface area contributed by atoms with Gasteiger partial charge in [-0.25, -0.2) is 4.79 Å². The first kappa shape index (κ1) is 10.5. The molecule has 14 heavy (non-hydrogen) atoms. The van der Waals surface area contributed by atoms with Crippen LogP contribution in [0, 0.1) is 0 Å². The molecule has 0 saturated carbocycles. The molecule has 0 heterocycles. The number of nitrogens with one attached hydrogen (secondary N) is 1. The van der Waals surface area contributed by atoms with E-state index in [0.29, 0.717) is 18.2 Å². The average Bonchev–Trinajstić information content (AvgIpc) is 2.17. The Labute approximate surface area is 83.3 Å². The Balaban J connectivity index is 2.73. The van der Waals surface area contributed by atoms with E-state index in [0.717, 1.165) is 5.56 Å². The van der Waals surface area contributed by atoms with Crippen molar-refractivity contribution in [3.8, 4) is 0 Å². The van der Waals surface area contributed by atoms with E-state index in [2.05, 4.69) is 12.2 Å².